The molecule has 1 amide bonds. The Morgan fingerprint density at radius 2 is 1.92 bits per heavy atom. The highest BCUT2D eigenvalue weighted by molar-refractivity contribution is 6.35. The summed E-state index contributed by atoms with van der Waals surface area (Å²) in [6.45, 7) is 8.53. The van der Waals surface area contributed by atoms with E-state index < -0.39 is 0 Å². The number of carbonyl (C=O) groups is 1. The summed E-state index contributed by atoms with van der Waals surface area (Å²) >= 11 is 6.66. The van der Waals surface area contributed by atoms with Gasteiger partial charge in [0.25, 0.3) is 5.91 Å². The van der Waals surface area contributed by atoms with Gasteiger partial charge >= 0.3 is 0 Å². The van der Waals surface area contributed by atoms with Crippen molar-refractivity contribution < 1.29 is 14.3 Å². The molecular formula is C30H38ClN3O3. The molecule has 0 N–H and O–H groups in total. The lowest BCUT2D eigenvalue weighted by Gasteiger charge is -2.25. The minimum Gasteiger partial charge on any atom is -0.493 e. The number of amides is 1. The zero-order valence-corrected chi connectivity index (χ0v) is 23.4. The van der Waals surface area contributed by atoms with E-state index in [2.05, 4.69) is 49.6 Å². The molecule has 2 aromatic carbocycles. The van der Waals surface area contributed by atoms with Crippen molar-refractivity contribution in [1.29, 1.82) is 0 Å². The van der Waals surface area contributed by atoms with Crippen LogP contribution in [-0.2, 0) is 25.9 Å². The first-order valence-electron chi connectivity index (χ1n) is 13.1. The van der Waals surface area contributed by atoms with E-state index in [4.69, 9.17) is 26.1 Å². The molecule has 1 aliphatic rings. The number of methoxy groups -OCH3 is 2. The quantitative estimate of drug-likeness (QED) is 0.305. The third kappa shape index (κ3) is 5.96. The van der Waals surface area contributed by atoms with E-state index in [0.29, 0.717) is 36.1 Å². The van der Waals surface area contributed by atoms with Gasteiger partial charge in [0.15, 0.2) is 11.5 Å². The second-order valence-electron chi connectivity index (χ2n) is 10.2. The summed E-state index contributed by atoms with van der Waals surface area (Å²) in [6, 6.07) is 12.0. The van der Waals surface area contributed by atoms with Gasteiger partial charge in [0, 0.05) is 31.6 Å². The van der Waals surface area contributed by atoms with Crippen LogP contribution in [-0.4, -0.2) is 41.1 Å². The molecule has 2 heterocycles. The van der Waals surface area contributed by atoms with E-state index in [0.717, 1.165) is 50.2 Å². The number of fused-ring (bicyclic) bond motifs is 1. The molecule has 37 heavy (non-hydrogen) atoms. The number of ether oxygens (including phenoxy) is 2. The number of rotatable bonds is 10. The monoisotopic (exact) mass is 523 g/mol. The van der Waals surface area contributed by atoms with Crippen molar-refractivity contribution in [2.24, 2.45) is 5.92 Å². The van der Waals surface area contributed by atoms with E-state index in [1.165, 1.54) is 23.9 Å². The van der Waals surface area contributed by atoms with Crippen molar-refractivity contribution in [3.8, 4) is 11.5 Å². The Bertz CT molecular complexity index is 1250. The zero-order chi connectivity index (χ0) is 26.5. The van der Waals surface area contributed by atoms with Gasteiger partial charge < -0.3 is 18.9 Å². The van der Waals surface area contributed by atoms with E-state index in [1.54, 1.807) is 19.2 Å². The molecule has 7 heteroatoms. The molecule has 0 saturated heterocycles. The van der Waals surface area contributed by atoms with Gasteiger partial charge in [0.05, 0.1) is 37.0 Å². The normalized spacial score (nSPS) is 12.9. The van der Waals surface area contributed by atoms with Crippen LogP contribution in [0.25, 0.3) is 0 Å². The standard InChI is InChI=1S/C30H38ClN3O3/c1-20(2)15-17-33(30(35)23-13-14-26(36-4)29(37-5)28(23)31)19-24-25(18-22-11-7-6-10-21(22)3)34-16-9-8-12-27(34)32-24/h6-7,10-11,13-14,20H,8-9,12,15-19H2,1-5H3. The number of aromatic nitrogens is 2. The molecule has 0 spiro atoms. The van der Waals surface area contributed by atoms with Crippen LogP contribution in [0.15, 0.2) is 36.4 Å². The maximum atomic E-state index is 13.9. The van der Waals surface area contributed by atoms with Gasteiger partial charge in [-0.3, -0.25) is 4.79 Å². The number of hydrogen-bond acceptors (Lipinski definition) is 4. The number of imidazole rings is 1. The highest BCUT2D eigenvalue weighted by Gasteiger charge is 2.27. The number of carbonyl (C=O) groups excluding carboxylic acids is 1. The molecule has 0 saturated carbocycles. The average Bonchev–Trinajstić information content (AvgIpc) is 3.23. The molecule has 0 radical (unpaired) electrons. The van der Waals surface area contributed by atoms with Crippen molar-refractivity contribution in [2.75, 3.05) is 20.8 Å². The molecular weight excluding hydrogens is 486 g/mol. The molecule has 0 aliphatic carbocycles. The third-order valence-corrected chi connectivity index (χ3v) is 7.58. The summed E-state index contributed by atoms with van der Waals surface area (Å²) in [7, 11) is 3.09. The third-order valence-electron chi connectivity index (χ3n) is 7.21. The number of benzene rings is 2. The predicted molar refractivity (Wildman–Crippen MR) is 148 cm³/mol. The Kier molecular flexibility index (Phi) is 8.80. The lowest BCUT2D eigenvalue weighted by Crippen LogP contribution is -2.33. The fraction of sp³-hybridized carbons (Fsp3) is 0.467. The first-order chi connectivity index (χ1) is 17.8. The number of nitrogens with zero attached hydrogens (tertiary/aromatic N) is 3. The molecule has 4 rings (SSSR count). The largest absolute Gasteiger partial charge is 0.493 e. The summed E-state index contributed by atoms with van der Waals surface area (Å²) in [4.78, 5) is 20.9. The topological polar surface area (TPSA) is 56.6 Å². The lowest BCUT2D eigenvalue weighted by molar-refractivity contribution is 0.0733. The Morgan fingerprint density at radius 3 is 2.62 bits per heavy atom. The van der Waals surface area contributed by atoms with Crippen molar-refractivity contribution in [3.05, 3.63) is 75.3 Å². The summed E-state index contributed by atoms with van der Waals surface area (Å²) in [6.07, 6.45) is 4.97. The number of hydrogen-bond donors (Lipinski definition) is 0. The second kappa shape index (κ2) is 12.0. The van der Waals surface area contributed by atoms with Crippen LogP contribution in [0.2, 0.25) is 5.02 Å². The minimum atomic E-state index is -0.126. The van der Waals surface area contributed by atoms with Gasteiger partial charge in [-0.1, -0.05) is 49.7 Å². The van der Waals surface area contributed by atoms with Gasteiger partial charge in [-0.2, -0.15) is 0 Å². The predicted octanol–water partition coefficient (Wildman–Crippen LogP) is 6.48. The first kappa shape index (κ1) is 27.1. The van der Waals surface area contributed by atoms with Crippen molar-refractivity contribution >= 4 is 17.5 Å². The van der Waals surface area contributed by atoms with Gasteiger partial charge in [0.2, 0.25) is 0 Å². The maximum Gasteiger partial charge on any atom is 0.255 e. The Hall–Kier alpha value is -2.99. The Morgan fingerprint density at radius 1 is 1.14 bits per heavy atom. The van der Waals surface area contributed by atoms with Crippen LogP contribution in [0, 0.1) is 12.8 Å². The summed E-state index contributed by atoms with van der Waals surface area (Å²) in [5, 5.41) is 0.269. The van der Waals surface area contributed by atoms with Crippen LogP contribution >= 0.6 is 11.6 Å². The molecule has 0 fully saturated rings. The second-order valence-corrected chi connectivity index (χ2v) is 10.6. The lowest BCUT2D eigenvalue weighted by atomic mass is 10.0. The molecule has 0 unspecified atom stereocenters. The van der Waals surface area contributed by atoms with Crippen LogP contribution in [0.1, 0.15) is 71.8 Å². The Balaban J connectivity index is 1.72. The van der Waals surface area contributed by atoms with Crippen LogP contribution in [0.4, 0.5) is 0 Å². The fourth-order valence-corrected chi connectivity index (χ4v) is 5.30. The summed E-state index contributed by atoms with van der Waals surface area (Å²) in [5.41, 5.74) is 5.16. The SMILES string of the molecule is COc1ccc(C(=O)N(CCC(C)C)Cc2nc3n(c2Cc2ccccc2C)CCCC3)c(Cl)c1OC. The highest BCUT2D eigenvalue weighted by Crippen LogP contribution is 2.38. The summed E-state index contributed by atoms with van der Waals surface area (Å²) in [5.74, 6) is 2.33. The van der Waals surface area contributed by atoms with E-state index in [-0.39, 0.29) is 10.9 Å². The smallest absolute Gasteiger partial charge is 0.255 e. The fourth-order valence-electron chi connectivity index (χ4n) is 4.99. The van der Waals surface area contributed by atoms with E-state index in [1.807, 2.05) is 4.90 Å². The van der Waals surface area contributed by atoms with E-state index >= 15 is 0 Å². The zero-order valence-electron chi connectivity index (χ0n) is 22.6. The molecule has 1 aromatic heterocycles. The molecule has 0 atom stereocenters. The van der Waals surface area contributed by atoms with Gasteiger partial charge in [0.1, 0.15) is 5.82 Å². The molecule has 0 bridgehead atoms. The van der Waals surface area contributed by atoms with Gasteiger partial charge in [-0.25, -0.2) is 4.98 Å². The van der Waals surface area contributed by atoms with Gasteiger partial charge in [-0.15, -0.1) is 0 Å². The number of halogens is 1. The van der Waals surface area contributed by atoms with E-state index in [9.17, 15) is 4.79 Å². The maximum absolute atomic E-state index is 13.9. The number of aryl methyl sites for hydroxylation is 2. The first-order valence-corrected chi connectivity index (χ1v) is 13.5. The van der Waals surface area contributed by atoms with Gasteiger partial charge in [-0.05, 0) is 55.4 Å². The highest BCUT2D eigenvalue weighted by atomic mass is 35.5. The van der Waals surface area contributed by atoms with Crippen LogP contribution in [0.3, 0.4) is 0 Å². The minimum absolute atomic E-state index is 0.126. The summed E-state index contributed by atoms with van der Waals surface area (Å²) < 4.78 is 13.2. The molecule has 198 valence electrons. The van der Waals surface area contributed by atoms with Crippen LogP contribution in [0.5, 0.6) is 11.5 Å². The van der Waals surface area contributed by atoms with Crippen LogP contribution < -0.4 is 9.47 Å². The molecule has 1 aliphatic heterocycles. The molecule has 3 aromatic rings. The molecule has 6 nitrogen and oxygen atoms in total. The van der Waals surface area contributed by atoms with Crippen molar-refractivity contribution in [2.45, 2.75) is 66.0 Å². The average molecular weight is 524 g/mol. The van der Waals surface area contributed by atoms with Crippen molar-refractivity contribution in [3.63, 3.8) is 0 Å². The van der Waals surface area contributed by atoms with Crippen molar-refractivity contribution in [1.82, 2.24) is 14.5 Å². The Labute approximate surface area is 225 Å².